The Kier molecular flexibility index (Phi) is 6.06. The van der Waals surface area contributed by atoms with E-state index in [1.165, 1.54) is 0 Å². The van der Waals surface area contributed by atoms with Crippen LogP contribution < -0.4 is 15.0 Å². The Morgan fingerprint density at radius 1 is 0.905 bits per heavy atom. The van der Waals surface area contributed by atoms with Crippen molar-refractivity contribution in [2.45, 2.75) is 24.4 Å². The van der Waals surface area contributed by atoms with Crippen LogP contribution in [-0.2, 0) is 10.2 Å². The van der Waals surface area contributed by atoms with Crippen molar-refractivity contribution in [2.75, 3.05) is 17.3 Å². The van der Waals surface area contributed by atoms with Gasteiger partial charge in [0.25, 0.3) is 0 Å². The van der Waals surface area contributed by atoms with Gasteiger partial charge in [0.2, 0.25) is 5.91 Å². The number of nitrogens with zero attached hydrogens (tertiary/aromatic N) is 1. The number of ether oxygens (including phenoxy) is 1. The van der Waals surface area contributed by atoms with Gasteiger partial charge in [-0.2, -0.15) is 0 Å². The van der Waals surface area contributed by atoms with Crippen molar-refractivity contribution in [3.8, 4) is 5.75 Å². The van der Waals surface area contributed by atoms with Gasteiger partial charge in [-0.1, -0.05) is 78.3 Å². The Bertz CT molecular complexity index is 1830. The third-order valence-corrected chi connectivity index (χ3v) is 9.26. The second-order valence-corrected chi connectivity index (χ2v) is 11.4. The van der Waals surface area contributed by atoms with Crippen molar-refractivity contribution < 1.29 is 19.1 Å². The van der Waals surface area contributed by atoms with E-state index in [1.54, 1.807) is 55.6 Å². The van der Waals surface area contributed by atoms with Crippen LogP contribution in [0.15, 0.2) is 103 Å². The molecule has 0 radical (unpaired) electrons. The smallest absolute Gasteiger partial charge is 0.238 e. The van der Waals surface area contributed by atoms with Gasteiger partial charge >= 0.3 is 0 Å². The van der Waals surface area contributed by atoms with Gasteiger partial charge in [-0.15, -0.1) is 0 Å². The molecule has 0 unspecified atom stereocenters. The number of nitrogens with one attached hydrogen (secondary N) is 1. The van der Waals surface area contributed by atoms with Gasteiger partial charge in [0, 0.05) is 28.1 Å². The number of hydrogen-bond donors (Lipinski definition) is 1. The number of hydrogen-bond acceptors (Lipinski definition) is 5. The third-order valence-electron chi connectivity index (χ3n) is 8.93. The lowest BCUT2D eigenvalue weighted by Crippen LogP contribution is -2.51. The van der Waals surface area contributed by atoms with E-state index in [0.29, 0.717) is 22.6 Å². The van der Waals surface area contributed by atoms with Gasteiger partial charge in [-0.05, 0) is 54.5 Å². The van der Waals surface area contributed by atoms with Gasteiger partial charge in [-0.25, -0.2) is 0 Å². The highest BCUT2D eigenvalue weighted by Crippen LogP contribution is 2.59. The van der Waals surface area contributed by atoms with Gasteiger partial charge in [0.15, 0.2) is 11.6 Å². The first-order valence-electron chi connectivity index (χ1n) is 13.8. The van der Waals surface area contributed by atoms with E-state index in [0.717, 1.165) is 16.8 Å². The fourth-order valence-corrected chi connectivity index (χ4v) is 7.39. The number of rotatable bonds is 5. The predicted molar refractivity (Wildman–Crippen MR) is 163 cm³/mol. The molecule has 0 saturated carbocycles. The number of carbonyl (C=O) groups excluding carboxylic acids is 3. The van der Waals surface area contributed by atoms with E-state index in [9.17, 15) is 14.4 Å². The van der Waals surface area contributed by atoms with Crippen LogP contribution in [0.2, 0.25) is 5.02 Å². The molecule has 1 amide bonds. The summed E-state index contributed by atoms with van der Waals surface area (Å²) in [5.74, 6) is -1.51. The van der Waals surface area contributed by atoms with E-state index >= 15 is 0 Å². The van der Waals surface area contributed by atoms with Crippen LogP contribution in [0.25, 0.3) is 5.57 Å². The summed E-state index contributed by atoms with van der Waals surface area (Å²) in [4.78, 5) is 46.2. The average molecular weight is 575 g/mol. The Morgan fingerprint density at radius 2 is 1.64 bits per heavy atom. The van der Waals surface area contributed by atoms with Crippen LogP contribution >= 0.6 is 11.6 Å². The molecule has 208 valence electrons. The molecular weight excluding hydrogens is 548 g/mol. The summed E-state index contributed by atoms with van der Waals surface area (Å²) >= 11 is 6.62. The number of para-hydroxylation sites is 2. The second kappa shape index (κ2) is 9.71. The highest BCUT2D eigenvalue weighted by Gasteiger charge is 2.70. The Labute approximate surface area is 248 Å². The van der Waals surface area contributed by atoms with Crippen molar-refractivity contribution >= 4 is 46.0 Å². The van der Waals surface area contributed by atoms with Crippen LogP contribution in [0.3, 0.4) is 0 Å². The van der Waals surface area contributed by atoms with Crippen molar-refractivity contribution in [3.63, 3.8) is 0 Å². The van der Waals surface area contributed by atoms with Crippen LogP contribution in [-0.4, -0.2) is 36.7 Å². The van der Waals surface area contributed by atoms with Crippen LogP contribution in [0.5, 0.6) is 5.75 Å². The molecule has 4 aromatic rings. The first-order chi connectivity index (χ1) is 20.4. The predicted octanol–water partition coefficient (Wildman–Crippen LogP) is 6.59. The molecule has 0 aromatic heterocycles. The zero-order chi connectivity index (χ0) is 29.2. The second-order valence-electron chi connectivity index (χ2n) is 11.0. The number of amides is 1. The largest absolute Gasteiger partial charge is 0.497 e. The lowest BCUT2D eigenvalue weighted by atomic mass is 9.64. The number of ketones is 2. The molecule has 1 spiro atoms. The summed E-state index contributed by atoms with van der Waals surface area (Å²) < 4.78 is 5.44. The number of benzene rings is 4. The lowest BCUT2D eigenvalue weighted by Gasteiger charge is -2.39. The molecule has 3 aliphatic rings. The molecule has 7 heteroatoms. The number of methoxy groups -OCH3 is 1. The van der Waals surface area contributed by atoms with E-state index in [4.69, 9.17) is 16.3 Å². The quantitative estimate of drug-likeness (QED) is 0.272. The summed E-state index contributed by atoms with van der Waals surface area (Å²) in [7, 11) is 1.54. The van der Waals surface area contributed by atoms with Crippen molar-refractivity contribution in [1.29, 1.82) is 0 Å². The molecule has 3 heterocycles. The summed E-state index contributed by atoms with van der Waals surface area (Å²) in [6, 6.07) is 27.4. The van der Waals surface area contributed by atoms with Crippen molar-refractivity contribution in [3.05, 3.63) is 130 Å². The number of Topliss-reactive ketones (excluding diaryl/α,β-unsaturated/α-hetero) is 2. The molecule has 6 nitrogen and oxygen atoms in total. The maximum absolute atomic E-state index is 14.9. The zero-order valence-corrected chi connectivity index (χ0v) is 23.8. The summed E-state index contributed by atoms with van der Waals surface area (Å²) in [6.45, 7) is 2.00. The first kappa shape index (κ1) is 26.2. The first-order valence-corrected chi connectivity index (χ1v) is 14.2. The van der Waals surface area contributed by atoms with Crippen LogP contribution in [0, 0.1) is 5.92 Å². The Balaban J connectivity index is 1.56. The molecular formula is C35H27ClN2O4. The fourth-order valence-electron chi connectivity index (χ4n) is 7.16. The molecule has 1 N–H and O–H groups in total. The number of anilines is 2. The van der Waals surface area contributed by atoms with E-state index in [1.807, 2.05) is 66.4 Å². The topological polar surface area (TPSA) is 75.7 Å². The highest BCUT2D eigenvalue weighted by molar-refractivity contribution is 6.34. The fraction of sp³-hybridized carbons (Fsp3) is 0.171. The van der Waals surface area contributed by atoms with Crippen LogP contribution in [0.4, 0.5) is 11.4 Å². The van der Waals surface area contributed by atoms with Gasteiger partial charge in [0.05, 0.1) is 24.1 Å². The number of fused-ring (bicyclic) bond motifs is 6. The normalized spacial score (nSPS) is 23.5. The van der Waals surface area contributed by atoms with Gasteiger partial charge in [0.1, 0.15) is 17.2 Å². The molecule has 1 fully saturated rings. The summed E-state index contributed by atoms with van der Waals surface area (Å²) in [5, 5.41) is 3.33. The Morgan fingerprint density at radius 3 is 2.45 bits per heavy atom. The van der Waals surface area contributed by atoms with E-state index in [-0.39, 0.29) is 28.1 Å². The van der Waals surface area contributed by atoms with E-state index in [2.05, 4.69) is 5.32 Å². The minimum atomic E-state index is -1.40. The zero-order valence-electron chi connectivity index (χ0n) is 23.0. The molecule has 1 saturated heterocycles. The molecule has 0 aliphatic carbocycles. The molecule has 4 atom stereocenters. The monoisotopic (exact) mass is 574 g/mol. The number of carbonyl (C=O) groups is 3. The Hall–Kier alpha value is -4.68. The highest BCUT2D eigenvalue weighted by atomic mass is 35.5. The lowest BCUT2D eigenvalue weighted by molar-refractivity contribution is -0.121. The SMILES string of the molecule is COc1cccc(C(=O)[C@@H]2[C@H](C(=O)c3ccccc3Cl)[C@@]3(C(=O)Nc4ccccc43)[C@H]3C=C(C)c4ccccc4N23)c1. The maximum atomic E-state index is 14.9. The average Bonchev–Trinajstić information content (AvgIpc) is 3.49. The minimum Gasteiger partial charge on any atom is -0.497 e. The van der Waals surface area contributed by atoms with Crippen LogP contribution in [0.1, 0.15) is 38.8 Å². The summed E-state index contributed by atoms with van der Waals surface area (Å²) in [6.07, 6.45) is 2.04. The van der Waals surface area contributed by atoms with Crippen molar-refractivity contribution in [2.24, 2.45) is 5.92 Å². The standard InChI is InChI=1S/C35H27ClN2O4/c1-20-18-29-35(25-14-5-7-16-27(25)37-34(35)41)30(33(40)24-13-3-6-15-26(24)36)31(38(29)28-17-8-4-12-23(20)28)32(39)21-10-9-11-22(19-21)42-2/h3-19,29-31H,1-2H3,(H,37,41)/t29-,30-,31+,35+/m1/s1. The summed E-state index contributed by atoms with van der Waals surface area (Å²) in [5.41, 5.74) is 3.32. The number of halogens is 1. The maximum Gasteiger partial charge on any atom is 0.238 e. The third kappa shape index (κ3) is 3.55. The molecule has 0 bridgehead atoms. The van der Waals surface area contributed by atoms with E-state index < -0.39 is 23.4 Å². The molecule has 7 rings (SSSR count). The number of allylic oxidation sites excluding steroid dienone is 1. The van der Waals surface area contributed by atoms with Gasteiger partial charge in [-0.3, -0.25) is 14.4 Å². The van der Waals surface area contributed by atoms with Gasteiger partial charge < -0.3 is 15.0 Å². The van der Waals surface area contributed by atoms with Crippen molar-refractivity contribution in [1.82, 2.24) is 0 Å². The molecule has 3 aliphatic heterocycles. The molecule has 42 heavy (non-hydrogen) atoms. The molecule has 4 aromatic carbocycles. The minimum absolute atomic E-state index is 0.272.